The first kappa shape index (κ1) is 15.1. The Labute approximate surface area is 137 Å². The molecule has 116 valence electrons. The summed E-state index contributed by atoms with van der Waals surface area (Å²) in [5.74, 6) is 0.178. The van der Waals surface area contributed by atoms with Crippen LogP contribution in [0.25, 0.3) is 5.82 Å². The summed E-state index contributed by atoms with van der Waals surface area (Å²) < 4.78 is 1.65. The van der Waals surface area contributed by atoms with Gasteiger partial charge >= 0.3 is 0 Å². The van der Waals surface area contributed by atoms with E-state index in [9.17, 15) is 9.90 Å². The molecule has 0 spiro atoms. The maximum atomic E-state index is 12.1. The van der Waals surface area contributed by atoms with Crippen molar-refractivity contribution in [2.45, 2.75) is 6.54 Å². The molecule has 23 heavy (non-hydrogen) atoms. The predicted molar refractivity (Wildman–Crippen MR) is 85.6 cm³/mol. The van der Waals surface area contributed by atoms with Crippen molar-refractivity contribution in [1.29, 1.82) is 0 Å². The van der Waals surface area contributed by atoms with E-state index in [-0.39, 0.29) is 17.9 Å². The zero-order valence-corrected chi connectivity index (χ0v) is 12.7. The minimum atomic E-state index is -0.402. The lowest BCUT2D eigenvalue weighted by Crippen LogP contribution is -2.23. The van der Waals surface area contributed by atoms with Crippen molar-refractivity contribution in [3.8, 4) is 11.6 Å². The molecular weight excluding hydrogens is 316 g/mol. The Hall–Kier alpha value is -2.86. The van der Waals surface area contributed by atoms with Crippen LogP contribution < -0.4 is 5.32 Å². The van der Waals surface area contributed by atoms with Crippen molar-refractivity contribution in [3.63, 3.8) is 0 Å². The summed E-state index contributed by atoms with van der Waals surface area (Å²) in [5.41, 5.74) is 0.967. The number of amides is 1. The van der Waals surface area contributed by atoms with Crippen molar-refractivity contribution in [2.75, 3.05) is 0 Å². The monoisotopic (exact) mass is 328 g/mol. The number of phenolic OH excluding ortho intramolecular Hbond substituents is 1. The number of nitrogens with one attached hydrogen (secondary N) is 1. The number of nitrogens with zero attached hydrogens (tertiary/aromatic N) is 3. The van der Waals surface area contributed by atoms with E-state index in [0.717, 1.165) is 5.56 Å². The average Bonchev–Trinajstić information content (AvgIpc) is 3.10. The lowest BCUT2D eigenvalue weighted by molar-refractivity contribution is 0.0948. The Balaban J connectivity index is 1.66. The van der Waals surface area contributed by atoms with Gasteiger partial charge in [-0.15, -0.1) is 0 Å². The fourth-order valence-corrected chi connectivity index (χ4v) is 2.20. The number of aromatic nitrogens is 3. The molecular formula is C16H13ClN4O2. The van der Waals surface area contributed by atoms with Gasteiger partial charge in [-0.05, 0) is 35.9 Å². The number of hydrogen-bond acceptors (Lipinski definition) is 4. The lowest BCUT2D eigenvalue weighted by atomic mass is 10.2. The summed E-state index contributed by atoms with van der Waals surface area (Å²) >= 11 is 5.83. The summed E-state index contributed by atoms with van der Waals surface area (Å²) in [5, 5.41) is 16.9. The quantitative estimate of drug-likeness (QED) is 0.771. The van der Waals surface area contributed by atoms with E-state index in [4.69, 9.17) is 11.6 Å². The Morgan fingerprint density at radius 2 is 2.17 bits per heavy atom. The summed E-state index contributed by atoms with van der Waals surface area (Å²) in [6.07, 6.45) is 5.13. The van der Waals surface area contributed by atoms with Gasteiger partial charge in [0.1, 0.15) is 5.75 Å². The summed E-state index contributed by atoms with van der Waals surface area (Å²) in [4.78, 5) is 16.4. The maximum absolute atomic E-state index is 12.1. The highest BCUT2D eigenvalue weighted by atomic mass is 35.5. The van der Waals surface area contributed by atoms with E-state index < -0.39 is 5.91 Å². The van der Waals surface area contributed by atoms with Crippen molar-refractivity contribution < 1.29 is 9.90 Å². The van der Waals surface area contributed by atoms with Crippen molar-refractivity contribution in [3.05, 3.63) is 71.1 Å². The summed E-state index contributed by atoms with van der Waals surface area (Å²) in [6, 6.07) is 9.80. The SMILES string of the molecule is O=C(NCc1ccc(-n2cccn2)nc1)c1cc(Cl)ccc1O. The minimum absolute atomic E-state index is 0.112. The molecule has 0 aliphatic heterocycles. The topological polar surface area (TPSA) is 80.0 Å². The molecule has 7 heteroatoms. The normalized spacial score (nSPS) is 10.5. The number of hydrogen-bond donors (Lipinski definition) is 2. The third-order valence-corrected chi connectivity index (χ3v) is 3.44. The van der Waals surface area contributed by atoms with Crippen LogP contribution >= 0.6 is 11.6 Å². The highest BCUT2D eigenvalue weighted by Gasteiger charge is 2.11. The molecule has 0 aliphatic rings. The highest BCUT2D eigenvalue weighted by molar-refractivity contribution is 6.31. The molecule has 1 amide bonds. The van der Waals surface area contributed by atoms with E-state index in [2.05, 4.69) is 15.4 Å². The minimum Gasteiger partial charge on any atom is -0.507 e. The van der Waals surface area contributed by atoms with E-state index in [1.807, 2.05) is 18.2 Å². The number of phenols is 1. The number of aromatic hydroxyl groups is 1. The number of rotatable bonds is 4. The number of carbonyl (C=O) groups is 1. The predicted octanol–water partition coefficient (Wildman–Crippen LogP) is 2.56. The van der Waals surface area contributed by atoms with E-state index in [1.54, 1.807) is 23.3 Å². The molecule has 0 atom stereocenters. The van der Waals surface area contributed by atoms with Crippen molar-refractivity contribution in [1.82, 2.24) is 20.1 Å². The van der Waals surface area contributed by atoms with Gasteiger partial charge in [0.2, 0.25) is 0 Å². The van der Waals surface area contributed by atoms with Gasteiger partial charge in [0.25, 0.3) is 5.91 Å². The molecule has 1 aromatic carbocycles. The van der Waals surface area contributed by atoms with Gasteiger partial charge in [0.05, 0.1) is 5.56 Å². The fourth-order valence-electron chi connectivity index (χ4n) is 2.03. The molecule has 0 bridgehead atoms. The van der Waals surface area contributed by atoms with E-state index in [1.165, 1.54) is 18.2 Å². The van der Waals surface area contributed by atoms with E-state index >= 15 is 0 Å². The van der Waals surface area contributed by atoms with E-state index in [0.29, 0.717) is 10.8 Å². The molecule has 0 saturated carbocycles. The molecule has 0 unspecified atom stereocenters. The molecule has 3 aromatic rings. The molecule has 6 nitrogen and oxygen atoms in total. The molecule has 2 heterocycles. The fraction of sp³-hybridized carbons (Fsp3) is 0.0625. The lowest BCUT2D eigenvalue weighted by Gasteiger charge is -2.08. The number of pyridine rings is 1. The van der Waals surface area contributed by atoms with Gasteiger partial charge in [-0.1, -0.05) is 17.7 Å². The Morgan fingerprint density at radius 1 is 1.30 bits per heavy atom. The van der Waals surface area contributed by atoms with Crippen molar-refractivity contribution >= 4 is 17.5 Å². The molecule has 3 rings (SSSR count). The molecule has 2 N–H and O–H groups in total. The number of halogens is 1. The van der Waals surface area contributed by atoms with Crippen LogP contribution in [-0.4, -0.2) is 25.8 Å². The van der Waals surface area contributed by atoms with Crippen molar-refractivity contribution in [2.24, 2.45) is 0 Å². The maximum Gasteiger partial charge on any atom is 0.255 e. The van der Waals surface area contributed by atoms with Crippen LogP contribution in [0.3, 0.4) is 0 Å². The second-order valence-electron chi connectivity index (χ2n) is 4.82. The largest absolute Gasteiger partial charge is 0.507 e. The molecule has 2 aromatic heterocycles. The van der Waals surface area contributed by atoms with Crippen LogP contribution in [0, 0.1) is 0 Å². The standard InChI is InChI=1S/C16H13ClN4O2/c17-12-3-4-14(22)13(8-12)16(23)19-10-11-2-5-15(18-9-11)21-7-1-6-20-21/h1-9,22H,10H2,(H,19,23). The average molecular weight is 329 g/mol. The molecule has 0 fully saturated rings. The van der Waals surface area contributed by atoms with Gasteiger partial charge in [-0.3, -0.25) is 4.79 Å². The first-order chi connectivity index (χ1) is 11.1. The van der Waals surface area contributed by atoms with Crippen LogP contribution in [0.2, 0.25) is 5.02 Å². The zero-order valence-electron chi connectivity index (χ0n) is 12.0. The second-order valence-corrected chi connectivity index (χ2v) is 5.26. The first-order valence-electron chi connectivity index (χ1n) is 6.85. The van der Waals surface area contributed by atoms with Crippen LogP contribution in [0.5, 0.6) is 5.75 Å². The van der Waals surface area contributed by atoms with Gasteiger partial charge < -0.3 is 10.4 Å². The number of benzene rings is 1. The number of carbonyl (C=O) groups excluding carboxylic acids is 1. The zero-order chi connectivity index (χ0) is 16.2. The third kappa shape index (κ3) is 3.49. The van der Waals surface area contributed by atoms with Crippen LogP contribution in [0.1, 0.15) is 15.9 Å². The summed E-state index contributed by atoms with van der Waals surface area (Å²) in [7, 11) is 0. The Morgan fingerprint density at radius 3 is 2.87 bits per heavy atom. The van der Waals surface area contributed by atoms with Crippen LogP contribution in [0.15, 0.2) is 55.0 Å². The summed E-state index contributed by atoms with van der Waals surface area (Å²) in [6.45, 7) is 0.289. The van der Waals surface area contributed by atoms with Crippen LogP contribution in [-0.2, 0) is 6.54 Å². The van der Waals surface area contributed by atoms with Gasteiger partial charge in [-0.25, -0.2) is 9.67 Å². The Kier molecular flexibility index (Phi) is 4.25. The third-order valence-electron chi connectivity index (χ3n) is 3.20. The van der Waals surface area contributed by atoms with Gasteiger partial charge in [0.15, 0.2) is 5.82 Å². The second kappa shape index (κ2) is 6.50. The van der Waals surface area contributed by atoms with Crippen LogP contribution in [0.4, 0.5) is 0 Å². The smallest absolute Gasteiger partial charge is 0.255 e. The molecule has 0 aliphatic carbocycles. The molecule has 0 radical (unpaired) electrons. The van der Waals surface area contributed by atoms with Gasteiger partial charge in [0, 0.05) is 30.2 Å². The Bertz CT molecular complexity index is 817. The first-order valence-corrected chi connectivity index (χ1v) is 7.23. The highest BCUT2D eigenvalue weighted by Crippen LogP contribution is 2.21. The molecule has 0 saturated heterocycles. The van der Waals surface area contributed by atoms with Gasteiger partial charge in [-0.2, -0.15) is 5.10 Å².